The molecule has 0 aliphatic heterocycles. The molecule has 0 spiro atoms. The van der Waals surface area contributed by atoms with E-state index in [9.17, 15) is 13.2 Å². The highest BCUT2D eigenvalue weighted by Gasteiger charge is 2.26. The summed E-state index contributed by atoms with van der Waals surface area (Å²) in [7, 11) is -3.65. The number of rotatable bonds is 4. The normalized spacial score (nSPS) is 14.2. The van der Waals surface area contributed by atoms with Crippen LogP contribution in [-0.2, 0) is 19.6 Å². The van der Waals surface area contributed by atoms with E-state index in [0.717, 1.165) is 11.3 Å². The van der Waals surface area contributed by atoms with E-state index in [4.69, 9.17) is 4.74 Å². The molecule has 0 aromatic carbocycles. The molecule has 0 aliphatic carbocycles. The van der Waals surface area contributed by atoms with Crippen molar-refractivity contribution in [3.63, 3.8) is 0 Å². The Morgan fingerprint density at radius 1 is 1.44 bits per heavy atom. The van der Waals surface area contributed by atoms with Gasteiger partial charge in [0, 0.05) is 0 Å². The monoisotopic (exact) mass is 291 g/mol. The largest absolute Gasteiger partial charge is 0.459 e. The van der Waals surface area contributed by atoms with Crippen LogP contribution in [0.2, 0.25) is 0 Å². The molecular formula is C11H17NO4S2. The van der Waals surface area contributed by atoms with E-state index >= 15 is 0 Å². The van der Waals surface area contributed by atoms with Gasteiger partial charge in [-0.25, -0.2) is 8.42 Å². The van der Waals surface area contributed by atoms with Gasteiger partial charge in [0.25, 0.3) is 10.0 Å². The van der Waals surface area contributed by atoms with Gasteiger partial charge in [-0.1, -0.05) is 6.07 Å². The number of hydrogen-bond donors (Lipinski definition) is 1. The second kappa shape index (κ2) is 5.38. The van der Waals surface area contributed by atoms with Gasteiger partial charge in [0.2, 0.25) is 0 Å². The SMILES string of the molecule is C[C@H](NS(=O)(=O)c1cccs1)C(=O)OC(C)(C)C. The first-order valence-electron chi connectivity index (χ1n) is 5.40. The highest BCUT2D eigenvalue weighted by atomic mass is 32.2. The first kappa shape index (κ1) is 15.1. The summed E-state index contributed by atoms with van der Waals surface area (Å²) in [5.74, 6) is -0.595. The van der Waals surface area contributed by atoms with E-state index in [0.29, 0.717) is 0 Å². The number of sulfonamides is 1. The fourth-order valence-corrected chi connectivity index (χ4v) is 3.35. The molecular weight excluding hydrogens is 274 g/mol. The predicted octanol–water partition coefficient (Wildman–Crippen LogP) is 1.76. The van der Waals surface area contributed by atoms with Crippen LogP contribution in [0.1, 0.15) is 27.7 Å². The quantitative estimate of drug-likeness (QED) is 0.858. The van der Waals surface area contributed by atoms with E-state index in [-0.39, 0.29) is 4.21 Å². The van der Waals surface area contributed by atoms with Crippen molar-refractivity contribution in [1.82, 2.24) is 4.72 Å². The van der Waals surface area contributed by atoms with Crippen LogP contribution in [0.5, 0.6) is 0 Å². The van der Waals surface area contributed by atoms with Crippen molar-refractivity contribution in [1.29, 1.82) is 0 Å². The molecule has 1 aromatic rings. The second-order valence-corrected chi connectivity index (χ2v) is 7.70. The number of esters is 1. The molecule has 0 radical (unpaired) electrons. The van der Waals surface area contributed by atoms with Crippen molar-refractivity contribution in [2.45, 2.75) is 43.5 Å². The first-order valence-corrected chi connectivity index (χ1v) is 7.77. The van der Waals surface area contributed by atoms with Gasteiger partial charge in [-0.15, -0.1) is 11.3 Å². The number of carbonyl (C=O) groups is 1. The van der Waals surface area contributed by atoms with E-state index in [1.54, 1.807) is 32.2 Å². The van der Waals surface area contributed by atoms with Gasteiger partial charge in [0.1, 0.15) is 15.9 Å². The molecule has 18 heavy (non-hydrogen) atoms. The number of thiophene rings is 1. The molecule has 0 aliphatic rings. The Hall–Kier alpha value is -0.920. The minimum absolute atomic E-state index is 0.179. The molecule has 0 fully saturated rings. The van der Waals surface area contributed by atoms with Crippen LogP contribution in [0.15, 0.2) is 21.7 Å². The van der Waals surface area contributed by atoms with E-state index in [2.05, 4.69) is 4.72 Å². The van der Waals surface area contributed by atoms with Gasteiger partial charge in [0.15, 0.2) is 0 Å². The summed E-state index contributed by atoms with van der Waals surface area (Å²) < 4.78 is 31.3. The lowest BCUT2D eigenvalue weighted by molar-refractivity contribution is -0.156. The third-order valence-electron chi connectivity index (χ3n) is 1.85. The van der Waals surface area contributed by atoms with Crippen LogP contribution < -0.4 is 4.72 Å². The molecule has 5 nitrogen and oxygen atoms in total. The van der Waals surface area contributed by atoms with Crippen LogP contribution in [0.4, 0.5) is 0 Å². The van der Waals surface area contributed by atoms with Crippen molar-refractivity contribution in [2.75, 3.05) is 0 Å². The second-order valence-electron chi connectivity index (χ2n) is 4.81. The predicted molar refractivity (Wildman–Crippen MR) is 69.9 cm³/mol. The highest BCUT2D eigenvalue weighted by molar-refractivity contribution is 7.91. The van der Waals surface area contributed by atoms with Crippen molar-refractivity contribution in [3.8, 4) is 0 Å². The fraction of sp³-hybridized carbons (Fsp3) is 0.545. The number of carbonyl (C=O) groups excluding carboxylic acids is 1. The molecule has 1 aromatic heterocycles. The molecule has 1 rings (SSSR count). The van der Waals surface area contributed by atoms with Crippen LogP contribution in [0.25, 0.3) is 0 Å². The van der Waals surface area contributed by atoms with Gasteiger partial charge in [0.05, 0.1) is 0 Å². The van der Waals surface area contributed by atoms with E-state index in [1.165, 1.54) is 13.0 Å². The van der Waals surface area contributed by atoms with Crippen LogP contribution in [0, 0.1) is 0 Å². The molecule has 1 atom stereocenters. The fourth-order valence-electron chi connectivity index (χ4n) is 1.15. The highest BCUT2D eigenvalue weighted by Crippen LogP contribution is 2.16. The molecule has 0 unspecified atom stereocenters. The molecule has 0 bridgehead atoms. The standard InChI is InChI=1S/C11H17NO4S2/c1-8(10(13)16-11(2,3)4)12-18(14,15)9-6-5-7-17-9/h5-8,12H,1-4H3/t8-/m0/s1. The lowest BCUT2D eigenvalue weighted by atomic mass is 10.2. The Morgan fingerprint density at radius 3 is 2.50 bits per heavy atom. The van der Waals surface area contributed by atoms with Crippen molar-refractivity contribution >= 4 is 27.3 Å². The minimum atomic E-state index is -3.65. The van der Waals surface area contributed by atoms with Crippen LogP contribution in [-0.4, -0.2) is 26.0 Å². The molecule has 7 heteroatoms. The number of ether oxygens (including phenoxy) is 1. The summed E-state index contributed by atoms with van der Waals surface area (Å²) in [5, 5.41) is 1.66. The number of hydrogen-bond acceptors (Lipinski definition) is 5. The Kier molecular flexibility index (Phi) is 4.52. The molecule has 1 heterocycles. The number of nitrogens with one attached hydrogen (secondary N) is 1. The Labute approximate surface area is 111 Å². The van der Waals surface area contributed by atoms with Gasteiger partial charge in [-0.05, 0) is 39.1 Å². The van der Waals surface area contributed by atoms with Crippen molar-refractivity contribution in [2.24, 2.45) is 0 Å². The Balaban J connectivity index is 2.71. The smallest absolute Gasteiger partial charge is 0.324 e. The van der Waals surface area contributed by atoms with Crippen molar-refractivity contribution in [3.05, 3.63) is 17.5 Å². The zero-order chi connectivity index (χ0) is 14.0. The minimum Gasteiger partial charge on any atom is -0.459 e. The van der Waals surface area contributed by atoms with Crippen molar-refractivity contribution < 1.29 is 17.9 Å². The topological polar surface area (TPSA) is 72.5 Å². The van der Waals surface area contributed by atoms with Gasteiger partial charge >= 0.3 is 5.97 Å². The lowest BCUT2D eigenvalue weighted by Crippen LogP contribution is -2.41. The van der Waals surface area contributed by atoms with Gasteiger partial charge in [-0.3, -0.25) is 4.79 Å². The summed E-state index contributed by atoms with van der Waals surface area (Å²) in [6.45, 7) is 6.64. The molecule has 0 amide bonds. The van der Waals surface area contributed by atoms with Crippen LogP contribution >= 0.6 is 11.3 Å². The van der Waals surface area contributed by atoms with Gasteiger partial charge in [-0.2, -0.15) is 4.72 Å². The zero-order valence-electron chi connectivity index (χ0n) is 10.8. The Morgan fingerprint density at radius 2 is 2.06 bits per heavy atom. The summed E-state index contributed by atoms with van der Waals surface area (Å²) in [6, 6.07) is 2.20. The molecule has 0 saturated carbocycles. The average Bonchev–Trinajstić information content (AvgIpc) is 2.66. The summed E-state index contributed by atoms with van der Waals surface area (Å²) in [6.07, 6.45) is 0. The summed E-state index contributed by atoms with van der Waals surface area (Å²) >= 11 is 1.09. The summed E-state index contributed by atoms with van der Waals surface area (Å²) in [5.41, 5.74) is -0.639. The van der Waals surface area contributed by atoms with E-state index < -0.39 is 27.6 Å². The maximum Gasteiger partial charge on any atom is 0.324 e. The van der Waals surface area contributed by atoms with Crippen LogP contribution in [0.3, 0.4) is 0 Å². The molecule has 1 N–H and O–H groups in total. The van der Waals surface area contributed by atoms with E-state index in [1.807, 2.05) is 0 Å². The Bertz CT molecular complexity index is 500. The molecule has 0 saturated heterocycles. The van der Waals surface area contributed by atoms with Gasteiger partial charge < -0.3 is 4.74 Å². The first-order chi connectivity index (χ1) is 8.12. The maximum atomic E-state index is 11.9. The molecule has 102 valence electrons. The lowest BCUT2D eigenvalue weighted by Gasteiger charge is -2.22. The average molecular weight is 291 g/mol. The third kappa shape index (κ3) is 4.40. The third-order valence-corrected chi connectivity index (χ3v) is 4.79. The maximum absolute atomic E-state index is 11.9. The zero-order valence-corrected chi connectivity index (χ0v) is 12.4. The summed E-state index contributed by atoms with van der Waals surface area (Å²) in [4.78, 5) is 11.7.